The van der Waals surface area contributed by atoms with Crippen LogP contribution < -0.4 is 0 Å². The van der Waals surface area contributed by atoms with Crippen LogP contribution in [0.1, 0.15) is 78.1 Å². The number of carbonyl (C=O) groups excluding carboxylic acids is 1. The van der Waals surface area contributed by atoms with E-state index in [1.165, 1.54) is 64.7 Å². The molecule has 0 unspecified atom stereocenters. The zero-order valence-electron chi connectivity index (χ0n) is 12.2. The molecular weight excluding hydrogens is 224 g/mol. The zero-order chi connectivity index (χ0) is 13.5. The Balaban J connectivity index is 2.96. The van der Waals surface area contributed by atoms with Crippen LogP contribution in [-0.4, -0.2) is 12.6 Å². The van der Waals surface area contributed by atoms with Crippen molar-refractivity contribution < 1.29 is 9.53 Å². The molecular formula is C16H30O2. The number of rotatable bonds is 12. The summed E-state index contributed by atoms with van der Waals surface area (Å²) in [6.45, 7) is 4.15. The fourth-order valence-electron chi connectivity index (χ4n) is 1.98. The van der Waals surface area contributed by atoms with Crippen LogP contribution in [0.5, 0.6) is 0 Å². The van der Waals surface area contributed by atoms with Gasteiger partial charge < -0.3 is 4.74 Å². The lowest BCUT2D eigenvalue weighted by Crippen LogP contribution is -2.00. The lowest BCUT2D eigenvalue weighted by molar-refractivity contribution is -0.141. The molecule has 0 fully saturated rings. The van der Waals surface area contributed by atoms with Crippen LogP contribution in [0.3, 0.4) is 0 Å². The average Bonchev–Trinajstić information content (AvgIpc) is 2.34. The molecule has 0 aromatic heterocycles. The second kappa shape index (κ2) is 14.3. The van der Waals surface area contributed by atoms with Crippen molar-refractivity contribution in [3.8, 4) is 0 Å². The summed E-state index contributed by atoms with van der Waals surface area (Å²) >= 11 is 0. The van der Waals surface area contributed by atoms with E-state index in [9.17, 15) is 4.79 Å². The highest BCUT2D eigenvalue weighted by Crippen LogP contribution is 2.10. The van der Waals surface area contributed by atoms with Gasteiger partial charge in [-0.25, -0.2) is 0 Å². The quantitative estimate of drug-likeness (QED) is 0.277. The summed E-state index contributed by atoms with van der Waals surface area (Å²) in [4.78, 5) is 10.5. The molecule has 0 bridgehead atoms. The monoisotopic (exact) mass is 254 g/mol. The highest BCUT2D eigenvalue weighted by atomic mass is 16.5. The molecule has 0 saturated heterocycles. The number of hydrogen-bond acceptors (Lipinski definition) is 2. The second-order valence-electron chi connectivity index (χ2n) is 4.88. The smallest absolute Gasteiger partial charge is 0.302 e. The van der Waals surface area contributed by atoms with Crippen LogP contribution in [0, 0.1) is 0 Å². The Morgan fingerprint density at radius 3 is 1.89 bits per heavy atom. The van der Waals surface area contributed by atoms with E-state index in [4.69, 9.17) is 4.74 Å². The van der Waals surface area contributed by atoms with Gasteiger partial charge in [0.05, 0.1) is 6.61 Å². The average molecular weight is 254 g/mol. The van der Waals surface area contributed by atoms with Crippen molar-refractivity contribution in [2.45, 2.75) is 78.1 Å². The number of unbranched alkanes of at least 4 members (excludes halogenated alkanes) is 9. The molecule has 0 atom stereocenters. The fourth-order valence-corrected chi connectivity index (χ4v) is 1.98. The molecule has 18 heavy (non-hydrogen) atoms. The number of hydrogen-bond donors (Lipinski definition) is 0. The standard InChI is InChI=1S/C16H30O2/c1-3-4-5-6-7-8-9-10-11-12-13-14-15-18-16(2)17/h3-4H,5-15H2,1-2H3/b4-3+. The normalized spacial score (nSPS) is 11.0. The molecule has 0 aromatic rings. The summed E-state index contributed by atoms with van der Waals surface area (Å²) in [6.07, 6.45) is 17.3. The number of ether oxygens (including phenoxy) is 1. The lowest BCUT2D eigenvalue weighted by atomic mass is 10.1. The molecule has 0 aliphatic heterocycles. The van der Waals surface area contributed by atoms with Crippen LogP contribution in [-0.2, 0) is 9.53 Å². The summed E-state index contributed by atoms with van der Waals surface area (Å²) in [6, 6.07) is 0. The largest absolute Gasteiger partial charge is 0.466 e. The van der Waals surface area contributed by atoms with Gasteiger partial charge in [-0.15, -0.1) is 0 Å². The third-order valence-electron chi connectivity index (χ3n) is 3.06. The third kappa shape index (κ3) is 15.2. The Bertz CT molecular complexity index is 209. The molecule has 0 aliphatic rings. The fraction of sp³-hybridized carbons (Fsp3) is 0.812. The van der Waals surface area contributed by atoms with Gasteiger partial charge in [0, 0.05) is 6.92 Å². The van der Waals surface area contributed by atoms with E-state index in [1.54, 1.807) is 0 Å². The van der Waals surface area contributed by atoms with Crippen molar-refractivity contribution >= 4 is 5.97 Å². The van der Waals surface area contributed by atoms with Crippen LogP contribution in [0.25, 0.3) is 0 Å². The molecule has 0 N–H and O–H groups in total. The minimum atomic E-state index is -0.159. The minimum Gasteiger partial charge on any atom is -0.466 e. The topological polar surface area (TPSA) is 26.3 Å². The molecule has 0 amide bonds. The van der Waals surface area contributed by atoms with Crippen LogP contribution in [0.2, 0.25) is 0 Å². The van der Waals surface area contributed by atoms with Gasteiger partial charge in [0.1, 0.15) is 0 Å². The first-order chi connectivity index (χ1) is 8.77. The van der Waals surface area contributed by atoms with Gasteiger partial charge in [-0.2, -0.15) is 0 Å². The Hall–Kier alpha value is -0.790. The molecule has 2 nitrogen and oxygen atoms in total. The predicted octanol–water partition coefficient (Wildman–Crippen LogP) is 5.03. The summed E-state index contributed by atoms with van der Waals surface area (Å²) in [7, 11) is 0. The summed E-state index contributed by atoms with van der Waals surface area (Å²) in [5.41, 5.74) is 0. The summed E-state index contributed by atoms with van der Waals surface area (Å²) < 4.78 is 4.89. The summed E-state index contributed by atoms with van der Waals surface area (Å²) in [5.74, 6) is -0.159. The Kier molecular flexibility index (Phi) is 13.6. The van der Waals surface area contributed by atoms with Crippen molar-refractivity contribution in [1.29, 1.82) is 0 Å². The van der Waals surface area contributed by atoms with Crippen LogP contribution in [0.15, 0.2) is 12.2 Å². The zero-order valence-corrected chi connectivity index (χ0v) is 12.2. The van der Waals surface area contributed by atoms with Gasteiger partial charge in [-0.3, -0.25) is 4.79 Å². The van der Waals surface area contributed by atoms with Crippen molar-refractivity contribution in [1.82, 2.24) is 0 Å². The van der Waals surface area contributed by atoms with E-state index in [2.05, 4.69) is 19.1 Å². The maximum absolute atomic E-state index is 10.5. The Morgan fingerprint density at radius 1 is 0.889 bits per heavy atom. The second-order valence-corrected chi connectivity index (χ2v) is 4.88. The number of carbonyl (C=O) groups is 1. The van der Waals surface area contributed by atoms with Crippen LogP contribution >= 0.6 is 0 Å². The van der Waals surface area contributed by atoms with E-state index in [-0.39, 0.29) is 5.97 Å². The van der Waals surface area contributed by atoms with Crippen molar-refractivity contribution in [3.63, 3.8) is 0 Å². The van der Waals surface area contributed by atoms with Gasteiger partial charge in [-0.1, -0.05) is 57.1 Å². The molecule has 2 heteroatoms. The van der Waals surface area contributed by atoms with Crippen molar-refractivity contribution in [3.05, 3.63) is 12.2 Å². The van der Waals surface area contributed by atoms with Crippen molar-refractivity contribution in [2.75, 3.05) is 6.61 Å². The maximum Gasteiger partial charge on any atom is 0.302 e. The van der Waals surface area contributed by atoms with E-state index in [0.717, 1.165) is 6.42 Å². The number of esters is 1. The molecule has 0 rings (SSSR count). The van der Waals surface area contributed by atoms with E-state index >= 15 is 0 Å². The SMILES string of the molecule is C/C=C/CCCCCCCCCCCOC(C)=O. The molecule has 0 saturated carbocycles. The van der Waals surface area contributed by atoms with E-state index < -0.39 is 0 Å². The highest BCUT2D eigenvalue weighted by molar-refractivity contribution is 5.65. The first-order valence-corrected chi connectivity index (χ1v) is 7.52. The molecule has 0 radical (unpaired) electrons. The molecule has 0 spiro atoms. The minimum absolute atomic E-state index is 0.159. The predicted molar refractivity (Wildman–Crippen MR) is 77.6 cm³/mol. The lowest BCUT2D eigenvalue weighted by Gasteiger charge is -2.03. The third-order valence-corrected chi connectivity index (χ3v) is 3.06. The van der Waals surface area contributed by atoms with Gasteiger partial charge >= 0.3 is 5.97 Å². The highest BCUT2D eigenvalue weighted by Gasteiger charge is 1.94. The van der Waals surface area contributed by atoms with E-state index in [0.29, 0.717) is 6.61 Å². The van der Waals surface area contributed by atoms with Crippen LogP contribution in [0.4, 0.5) is 0 Å². The van der Waals surface area contributed by atoms with Gasteiger partial charge in [0.15, 0.2) is 0 Å². The Labute approximate surface area is 113 Å². The molecule has 0 aliphatic carbocycles. The first kappa shape index (κ1) is 17.2. The maximum atomic E-state index is 10.5. The number of allylic oxidation sites excluding steroid dienone is 2. The molecule has 0 heterocycles. The van der Waals surface area contributed by atoms with Gasteiger partial charge in [0.2, 0.25) is 0 Å². The van der Waals surface area contributed by atoms with Gasteiger partial charge in [0.25, 0.3) is 0 Å². The Morgan fingerprint density at radius 2 is 1.39 bits per heavy atom. The molecule has 0 aromatic carbocycles. The first-order valence-electron chi connectivity index (χ1n) is 7.52. The summed E-state index contributed by atoms with van der Waals surface area (Å²) in [5, 5.41) is 0. The molecule has 106 valence electrons. The van der Waals surface area contributed by atoms with E-state index in [1.807, 2.05) is 0 Å². The van der Waals surface area contributed by atoms with Crippen molar-refractivity contribution in [2.24, 2.45) is 0 Å². The van der Waals surface area contributed by atoms with Gasteiger partial charge in [-0.05, 0) is 26.2 Å².